The van der Waals surface area contributed by atoms with Gasteiger partial charge in [0.25, 0.3) is 5.91 Å². The molecular formula is C27H35N5O3S. The Balaban J connectivity index is 0.000000239. The van der Waals surface area contributed by atoms with Gasteiger partial charge in [0.2, 0.25) is 17.8 Å². The summed E-state index contributed by atoms with van der Waals surface area (Å²) in [6, 6.07) is 11.1. The van der Waals surface area contributed by atoms with Crippen molar-refractivity contribution in [3.05, 3.63) is 52.2 Å². The van der Waals surface area contributed by atoms with Crippen LogP contribution in [0.25, 0.3) is 0 Å². The third-order valence-electron chi connectivity index (χ3n) is 5.69. The zero-order valence-corrected chi connectivity index (χ0v) is 21.6. The van der Waals surface area contributed by atoms with E-state index in [2.05, 4.69) is 23.2 Å². The molecule has 36 heavy (non-hydrogen) atoms. The predicted octanol–water partition coefficient (Wildman–Crippen LogP) is 3.69. The van der Waals surface area contributed by atoms with E-state index in [-0.39, 0.29) is 23.7 Å². The molecule has 0 saturated carbocycles. The van der Waals surface area contributed by atoms with Gasteiger partial charge < -0.3 is 15.5 Å². The molecule has 2 fully saturated rings. The first-order chi connectivity index (χ1) is 17.4. The van der Waals surface area contributed by atoms with Crippen molar-refractivity contribution < 1.29 is 14.4 Å². The highest BCUT2D eigenvalue weighted by molar-refractivity contribution is 7.12. The number of hydrogen-bond donors (Lipinski definition) is 2. The monoisotopic (exact) mass is 509 g/mol. The van der Waals surface area contributed by atoms with Crippen molar-refractivity contribution in [2.75, 3.05) is 26.2 Å². The number of carbonyl (C=O) groups is 3. The van der Waals surface area contributed by atoms with Gasteiger partial charge in [-0.1, -0.05) is 24.6 Å². The largest absolute Gasteiger partial charge is 0.369 e. The fourth-order valence-electron chi connectivity index (χ4n) is 3.89. The zero-order chi connectivity index (χ0) is 26.3. The number of benzene rings is 1. The molecule has 4 rings (SSSR count). The second-order valence-corrected chi connectivity index (χ2v) is 9.43. The molecule has 3 heterocycles. The van der Waals surface area contributed by atoms with E-state index in [1.807, 2.05) is 47.5 Å². The molecule has 1 aromatic carbocycles. The average molecular weight is 510 g/mol. The lowest BCUT2D eigenvalue weighted by Gasteiger charge is -2.23. The summed E-state index contributed by atoms with van der Waals surface area (Å²) in [7, 11) is 0. The molecule has 3 amide bonds. The summed E-state index contributed by atoms with van der Waals surface area (Å²) < 4.78 is 0. The molecule has 192 valence electrons. The summed E-state index contributed by atoms with van der Waals surface area (Å²) in [5, 5.41) is 4.39. The molecule has 3 N–H and O–H groups in total. The molecule has 1 aromatic heterocycles. The van der Waals surface area contributed by atoms with E-state index in [1.165, 1.54) is 11.3 Å². The van der Waals surface area contributed by atoms with Gasteiger partial charge in [0.1, 0.15) is 0 Å². The highest BCUT2D eigenvalue weighted by atomic mass is 32.1. The number of aryl methyl sites for hydroxylation is 1. The third-order valence-corrected chi connectivity index (χ3v) is 6.56. The van der Waals surface area contributed by atoms with Gasteiger partial charge in [-0.3, -0.25) is 19.7 Å². The van der Waals surface area contributed by atoms with Crippen molar-refractivity contribution in [1.29, 1.82) is 0 Å². The van der Waals surface area contributed by atoms with Crippen LogP contribution in [0.3, 0.4) is 0 Å². The number of thiophene rings is 1. The van der Waals surface area contributed by atoms with E-state index in [4.69, 9.17) is 5.73 Å². The Morgan fingerprint density at radius 3 is 2.44 bits per heavy atom. The lowest BCUT2D eigenvalue weighted by Crippen LogP contribution is -2.41. The van der Waals surface area contributed by atoms with Crippen molar-refractivity contribution in [2.45, 2.75) is 45.4 Å². The quantitative estimate of drug-likeness (QED) is 0.372. The first kappa shape index (κ1) is 28.6. The maximum Gasteiger partial charge on any atom is 0.268 e. The molecule has 0 unspecified atom stereocenters. The molecule has 2 aliphatic rings. The normalized spacial score (nSPS) is 15.6. The molecule has 8 nitrogen and oxygen atoms in total. The number of nitrogens with one attached hydrogen (secondary N) is 1. The van der Waals surface area contributed by atoms with Crippen LogP contribution in [0.15, 0.2) is 46.8 Å². The molecule has 0 aliphatic carbocycles. The molecule has 9 heteroatoms. The summed E-state index contributed by atoms with van der Waals surface area (Å²) >= 11 is 1.36. The second kappa shape index (κ2) is 15.4. The van der Waals surface area contributed by atoms with Gasteiger partial charge in [0.15, 0.2) is 0 Å². The van der Waals surface area contributed by atoms with Crippen LogP contribution < -0.4 is 11.1 Å². The van der Waals surface area contributed by atoms with Crippen LogP contribution in [-0.2, 0) is 9.59 Å². The van der Waals surface area contributed by atoms with Gasteiger partial charge >= 0.3 is 0 Å². The minimum atomic E-state index is -0.237. The Labute approximate surface area is 217 Å². The number of carbonyl (C=O) groups excluding carboxylic acids is 3. The van der Waals surface area contributed by atoms with Crippen molar-refractivity contribution in [3.8, 4) is 12.8 Å². The van der Waals surface area contributed by atoms with Crippen LogP contribution in [0.1, 0.15) is 53.8 Å². The van der Waals surface area contributed by atoms with E-state index in [1.54, 1.807) is 11.0 Å². The van der Waals surface area contributed by atoms with E-state index < -0.39 is 0 Å². The summed E-state index contributed by atoms with van der Waals surface area (Å²) in [5.41, 5.74) is 7.50. The van der Waals surface area contributed by atoms with Gasteiger partial charge in [0, 0.05) is 26.1 Å². The zero-order valence-electron chi connectivity index (χ0n) is 20.8. The molecule has 0 spiro atoms. The number of aliphatic imine (C=N–C) groups is 1. The van der Waals surface area contributed by atoms with Crippen LogP contribution in [-0.4, -0.2) is 59.7 Å². The standard InChI is InChI=1S/C13H13N3OS.C12H20N2O2.C2H2/c1-9-4-2-5-10(8-9)15-13(14)16-12(17)11-6-3-7-18-11;15-11-6-2-1-3-9-14(11)10-12(16)13-7-4-5-8-13;1-2/h2-8H,1H3,(H3,14,15,16,17);1-10H2;1-2H. The maximum absolute atomic E-state index is 11.9. The predicted molar refractivity (Wildman–Crippen MR) is 145 cm³/mol. The fraction of sp³-hybridized carbons (Fsp3) is 0.407. The van der Waals surface area contributed by atoms with Crippen LogP contribution in [0.2, 0.25) is 0 Å². The number of terminal acetylenes is 1. The molecule has 2 saturated heterocycles. The Morgan fingerprint density at radius 2 is 1.78 bits per heavy atom. The SMILES string of the molecule is C#C.Cc1cccc(N=C(N)NC(=O)c2cccs2)c1.O=C(CN1CCCCCC1=O)N1CCCC1. The first-order valence-corrected chi connectivity index (χ1v) is 12.9. The summed E-state index contributed by atoms with van der Waals surface area (Å²) in [4.78, 5) is 43.7. The minimum Gasteiger partial charge on any atom is -0.369 e. The molecule has 0 bridgehead atoms. The van der Waals surface area contributed by atoms with E-state index in [9.17, 15) is 14.4 Å². The second-order valence-electron chi connectivity index (χ2n) is 8.48. The van der Waals surface area contributed by atoms with E-state index >= 15 is 0 Å². The van der Waals surface area contributed by atoms with Crippen LogP contribution in [0.4, 0.5) is 5.69 Å². The number of nitrogens with zero attached hydrogens (tertiary/aromatic N) is 3. The summed E-state index contributed by atoms with van der Waals surface area (Å²) in [6.45, 7) is 4.79. The smallest absolute Gasteiger partial charge is 0.268 e. The van der Waals surface area contributed by atoms with Crippen LogP contribution >= 0.6 is 11.3 Å². The highest BCUT2D eigenvalue weighted by Gasteiger charge is 2.23. The van der Waals surface area contributed by atoms with Crippen molar-refractivity contribution in [3.63, 3.8) is 0 Å². The van der Waals surface area contributed by atoms with Gasteiger partial charge in [-0.25, -0.2) is 4.99 Å². The fourth-order valence-corrected chi connectivity index (χ4v) is 4.50. The van der Waals surface area contributed by atoms with Crippen molar-refractivity contribution in [1.82, 2.24) is 15.1 Å². The molecule has 2 aliphatic heterocycles. The minimum absolute atomic E-state index is 0.0963. The number of hydrogen-bond acceptors (Lipinski definition) is 5. The average Bonchev–Trinajstić information content (AvgIpc) is 3.56. The van der Waals surface area contributed by atoms with Gasteiger partial charge in [-0.15, -0.1) is 24.2 Å². The number of amides is 3. The van der Waals surface area contributed by atoms with Crippen LogP contribution in [0, 0.1) is 19.8 Å². The van der Waals surface area contributed by atoms with Gasteiger partial charge in [0.05, 0.1) is 17.1 Å². The lowest BCUT2D eigenvalue weighted by atomic mass is 10.2. The highest BCUT2D eigenvalue weighted by Crippen LogP contribution is 2.14. The topological polar surface area (TPSA) is 108 Å². The third kappa shape index (κ3) is 9.55. The molecule has 2 aromatic rings. The van der Waals surface area contributed by atoms with Crippen molar-refractivity contribution in [2.24, 2.45) is 10.7 Å². The summed E-state index contributed by atoms with van der Waals surface area (Å²) in [5.74, 6) is 0.149. The summed E-state index contributed by atoms with van der Waals surface area (Å²) in [6.07, 6.45) is 14.0. The number of nitrogens with two attached hydrogens (primary N) is 1. The lowest BCUT2D eigenvalue weighted by molar-refractivity contribution is -0.139. The first-order valence-electron chi connectivity index (χ1n) is 12.1. The molecule has 0 atom stereocenters. The Bertz CT molecular complexity index is 1040. The van der Waals surface area contributed by atoms with Crippen LogP contribution in [0.5, 0.6) is 0 Å². The number of likely N-dealkylation sites (tertiary alicyclic amines) is 2. The number of rotatable bonds is 4. The maximum atomic E-state index is 11.9. The molecule has 0 radical (unpaired) electrons. The van der Waals surface area contributed by atoms with Gasteiger partial charge in [-0.05, 0) is 61.7 Å². The van der Waals surface area contributed by atoms with E-state index in [0.29, 0.717) is 17.8 Å². The number of guanidine groups is 1. The Morgan fingerprint density at radius 1 is 1.06 bits per heavy atom. The molecular weight excluding hydrogens is 474 g/mol. The van der Waals surface area contributed by atoms with E-state index in [0.717, 1.165) is 63.0 Å². The van der Waals surface area contributed by atoms with Gasteiger partial charge in [-0.2, -0.15) is 0 Å². The Kier molecular flexibility index (Phi) is 12.2. The Hall–Kier alpha value is -3.64. The van der Waals surface area contributed by atoms with Crippen molar-refractivity contribution >= 4 is 40.7 Å².